The predicted octanol–water partition coefficient (Wildman–Crippen LogP) is 6.58. The number of halogens is 2. The van der Waals surface area contributed by atoms with Crippen molar-refractivity contribution in [3.05, 3.63) is 106 Å². The molecular weight excluding hydrogens is 507 g/mol. The first-order chi connectivity index (χ1) is 17.9. The first-order valence-electron chi connectivity index (χ1n) is 12.6. The molecule has 1 N–H and O–H groups in total. The van der Waals surface area contributed by atoms with Crippen molar-refractivity contribution in [1.29, 1.82) is 0 Å². The number of carbonyl (C=O) groups is 2. The van der Waals surface area contributed by atoms with E-state index in [0.717, 1.165) is 29.5 Å². The normalized spacial score (nSPS) is 11.7. The van der Waals surface area contributed by atoms with Crippen molar-refractivity contribution in [2.75, 3.05) is 12.3 Å². The van der Waals surface area contributed by atoms with Gasteiger partial charge in [-0.15, -0.1) is 11.8 Å². The van der Waals surface area contributed by atoms with E-state index >= 15 is 0 Å². The van der Waals surface area contributed by atoms with E-state index in [-0.39, 0.29) is 29.1 Å². The molecule has 0 radical (unpaired) electrons. The largest absolute Gasteiger partial charge is 0.354 e. The summed E-state index contributed by atoms with van der Waals surface area (Å²) >= 11 is 7.46. The monoisotopic (exact) mass is 540 g/mol. The third kappa shape index (κ3) is 8.90. The van der Waals surface area contributed by atoms with E-state index in [9.17, 15) is 14.0 Å². The molecule has 0 fully saturated rings. The SMILES string of the molecule is CCCCNC(=O)[C@H](Cc1ccccc1)N(Cc1cccc(C)c1)C(=O)CSCc1c(F)cccc1Cl. The zero-order valence-corrected chi connectivity index (χ0v) is 23.0. The van der Waals surface area contributed by atoms with E-state index in [1.54, 1.807) is 17.0 Å². The van der Waals surface area contributed by atoms with Crippen LogP contribution in [0.2, 0.25) is 5.02 Å². The molecule has 3 aromatic carbocycles. The summed E-state index contributed by atoms with van der Waals surface area (Å²) in [5.74, 6) is -0.363. The number of carbonyl (C=O) groups excluding carboxylic acids is 2. The standard InChI is InChI=1S/C30H34ClFN2O2S/c1-3-4-16-33-30(36)28(18-23-11-6-5-7-12-23)34(19-24-13-8-10-22(2)17-24)29(35)21-37-20-25-26(31)14-9-15-27(25)32/h5-15,17,28H,3-4,16,18-21H2,1-2H3,(H,33,36)/t28-/m0/s1. The van der Waals surface area contributed by atoms with E-state index in [4.69, 9.17) is 11.6 Å². The summed E-state index contributed by atoms with van der Waals surface area (Å²) in [6, 6.07) is 21.6. The first kappa shape index (κ1) is 28.7. The van der Waals surface area contributed by atoms with Gasteiger partial charge in [0, 0.05) is 35.8 Å². The smallest absolute Gasteiger partial charge is 0.243 e. The van der Waals surface area contributed by atoms with E-state index in [1.165, 1.54) is 17.8 Å². The minimum atomic E-state index is -0.676. The molecule has 7 heteroatoms. The van der Waals surface area contributed by atoms with Crippen LogP contribution >= 0.6 is 23.4 Å². The highest BCUT2D eigenvalue weighted by Crippen LogP contribution is 2.25. The average molecular weight is 541 g/mol. The Morgan fingerprint density at radius 2 is 1.76 bits per heavy atom. The topological polar surface area (TPSA) is 49.4 Å². The average Bonchev–Trinajstić information content (AvgIpc) is 2.88. The van der Waals surface area contributed by atoms with Gasteiger partial charge in [0.25, 0.3) is 0 Å². The summed E-state index contributed by atoms with van der Waals surface area (Å²) in [6.07, 6.45) is 2.24. The maximum atomic E-state index is 14.2. The molecular formula is C30H34ClFN2O2S. The number of benzene rings is 3. The molecule has 4 nitrogen and oxygen atoms in total. The molecule has 0 saturated carbocycles. The lowest BCUT2D eigenvalue weighted by atomic mass is 10.0. The number of amides is 2. The minimum absolute atomic E-state index is 0.101. The molecule has 0 aliphatic carbocycles. The van der Waals surface area contributed by atoms with Gasteiger partial charge in [-0.05, 0) is 36.6 Å². The van der Waals surface area contributed by atoms with Crippen LogP contribution < -0.4 is 5.32 Å². The molecule has 3 rings (SSSR count). The van der Waals surface area contributed by atoms with Crippen molar-refractivity contribution in [3.63, 3.8) is 0 Å². The molecule has 0 aliphatic heterocycles. The fourth-order valence-corrected chi connectivity index (χ4v) is 5.31. The summed E-state index contributed by atoms with van der Waals surface area (Å²) < 4.78 is 14.2. The number of hydrogen-bond donors (Lipinski definition) is 1. The van der Waals surface area contributed by atoms with Crippen molar-refractivity contribution in [2.45, 2.75) is 51.4 Å². The van der Waals surface area contributed by atoms with Crippen LogP contribution in [0.1, 0.15) is 42.0 Å². The van der Waals surface area contributed by atoms with Gasteiger partial charge in [0.2, 0.25) is 11.8 Å². The van der Waals surface area contributed by atoms with Crippen LogP contribution in [0.4, 0.5) is 4.39 Å². The number of rotatable bonds is 13. The lowest BCUT2D eigenvalue weighted by Crippen LogP contribution is -2.51. The van der Waals surface area contributed by atoms with E-state index in [1.807, 2.05) is 61.5 Å². The second kappa shape index (κ2) is 14.8. The molecule has 0 spiro atoms. The van der Waals surface area contributed by atoms with Crippen LogP contribution in [-0.4, -0.2) is 35.1 Å². The lowest BCUT2D eigenvalue weighted by Gasteiger charge is -2.31. The van der Waals surface area contributed by atoms with Gasteiger partial charge in [0.15, 0.2) is 0 Å². The molecule has 0 heterocycles. The Balaban J connectivity index is 1.85. The number of thioether (sulfide) groups is 1. The van der Waals surface area contributed by atoms with Crippen molar-refractivity contribution < 1.29 is 14.0 Å². The number of aryl methyl sites for hydroxylation is 1. The van der Waals surface area contributed by atoms with E-state index < -0.39 is 6.04 Å². The highest BCUT2D eigenvalue weighted by atomic mass is 35.5. The Kier molecular flexibility index (Phi) is 11.5. The molecule has 1 atom stereocenters. The van der Waals surface area contributed by atoms with Crippen LogP contribution in [0.5, 0.6) is 0 Å². The van der Waals surface area contributed by atoms with Crippen molar-refractivity contribution >= 4 is 35.2 Å². The van der Waals surface area contributed by atoms with Crippen molar-refractivity contribution in [1.82, 2.24) is 10.2 Å². The van der Waals surface area contributed by atoms with Crippen LogP contribution in [0, 0.1) is 12.7 Å². The Bertz CT molecular complexity index is 1160. The summed E-state index contributed by atoms with van der Waals surface area (Å²) in [7, 11) is 0. The lowest BCUT2D eigenvalue weighted by molar-refractivity contribution is -0.139. The van der Waals surface area contributed by atoms with Crippen molar-refractivity contribution in [2.24, 2.45) is 0 Å². The van der Waals surface area contributed by atoms with E-state index in [0.29, 0.717) is 30.1 Å². The third-order valence-electron chi connectivity index (χ3n) is 6.07. The molecule has 0 aliphatic rings. The number of unbranched alkanes of at least 4 members (excludes halogenated alkanes) is 1. The molecule has 0 unspecified atom stereocenters. The summed E-state index contributed by atoms with van der Waals surface area (Å²) in [5.41, 5.74) is 3.40. The van der Waals surface area contributed by atoms with Crippen LogP contribution in [0.25, 0.3) is 0 Å². The minimum Gasteiger partial charge on any atom is -0.354 e. The summed E-state index contributed by atoms with van der Waals surface area (Å²) in [6.45, 7) is 4.94. The van der Waals surface area contributed by atoms with Crippen molar-refractivity contribution in [3.8, 4) is 0 Å². The zero-order valence-electron chi connectivity index (χ0n) is 21.4. The quantitative estimate of drug-likeness (QED) is 0.249. The first-order valence-corrected chi connectivity index (χ1v) is 14.1. The predicted molar refractivity (Wildman–Crippen MR) is 151 cm³/mol. The fourth-order valence-electron chi connectivity index (χ4n) is 4.06. The molecule has 2 amide bonds. The van der Waals surface area contributed by atoms with E-state index in [2.05, 4.69) is 12.2 Å². The maximum absolute atomic E-state index is 14.2. The molecule has 37 heavy (non-hydrogen) atoms. The van der Waals surface area contributed by atoms with Gasteiger partial charge < -0.3 is 10.2 Å². The Hall–Kier alpha value is -2.83. The highest BCUT2D eigenvalue weighted by Gasteiger charge is 2.30. The summed E-state index contributed by atoms with van der Waals surface area (Å²) in [5, 5.41) is 3.37. The highest BCUT2D eigenvalue weighted by molar-refractivity contribution is 7.99. The van der Waals surface area contributed by atoms with Gasteiger partial charge >= 0.3 is 0 Å². The molecule has 3 aromatic rings. The van der Waals surface area contributed by atoms with Gasteiger partial charge in [-0.1, -0.05) is 91.2 Å². The van der Waals surface area contributed by atoms with Gasteiger partial charge in [-0.25, -0.2) is 4.39 Å². The van der Waals surface area contributed by atoms with Gasteiger partial charge in [0.05, 0.1) is 5.75 Å². The Morgan fingerprint density at radius 1 is 1.03 bits per heavy atom. The van der Waals surface area contributed by atoms with Gasteiger partial charge in [-0.2, -0.15) is 0 Å². The Morgan fingerprint density at radius 3 is 2.46 bits per heavy atom. The second-order valence-electron chi connectivity index (χ2n) is 9.05. The zero-order chi connectivity index (χ0) is 26.6. The third-order valence-corrected chi connectivity index (χ3v) is 7.37. The molecule has 0 aromatic heterocycles. The number of nitrogens with zero attached hydrogens (tertiary/aromatic N) is 1. The van der Waals surface area contributed by atoms with Crippen LogP contribution in [0.3, 0.4) is 0 Å². The fraction of sp³-hybridized carbons (Fsp3) is 0.333. The summed E-state index contributed by atoms with van der Waals surface area (Å²) in [4.78, 5) is 28.8. The van der Waals surface area contributed by atoms with Gasteiger partial charge in [-0.3, -0.25) is 9.59 Å². The molecule has 0 bridgehead atoms. The second-order valence-corrected chi connectivity index (χ2v) is 10.4. The maximum Gasteiger partial charge on any atom is 0.243 e. The number of nitrogens with one attached hydrogen (secondary N) is 1. The van der Waals surface area contributed by atoms with Gasteiger partial charge in [0.1, 0.15) is 11.9 Å². The number of hydrogen-bond acceptors (Lipinski definition) is 3. The van der Waals surface area contributed by atoms with Crippen LogP contribution in [-0.2, 0) is 28.3 Å². The molecule has 0 saturated heterocycles. The Labute approximate surface area is 228 Å². The molecule has 196 valence electrons. The van der Waals surface area contributed by atoms with Crippen LogP contribution in [0.15, 0.2) is 72.8 Å².